The fourth-order valence-electron chi connectivity index (χ4n) is 2.10. The van der Waals surface area contributed by atoms with Crippen LogP contribution in [0, 0.1) is 6.92 Å². The monoisotopic (exact) mass is 271 g/mol. The molecule has 0 aromatic heterocycles. The number of aryl methyl sites for hydroxylation is 1. The van der Waals surface area contributed by atoms with Crippen molar-refractivity contribution >= 4 is 9.84 Å². The van der Waals surface area contributed by atoms with Gasteiger partial charge in [-0.15, -0.1) is 0 Å². The number of nitrogens with two attached hydrogens (primary N) is 1. The van der Waals surface area contributed by atoms with Crippen molar-refractivity contribution in [2.24, 2.45) is 5.73 Å². The van der Waals surface area contributed by atoms with E-state index in [1.54, 1.807) is 0 Å². The van der Waals surface area contributed by atoms with Crippen molar-refractivity contribution in [1.29, 1.82) is 0 Å². The Morgan fingerprint density at radius 1 is 1.44 bits per heavy atom. The molecule has 6 heteroatoms. The molecule has 1 heterocycles. The van der Waals surface area contributed by atoms with Gasteiger partial charge in [0.2, 0.25) is 0 Å². The Morgan fingerprint density at radius 2 is 2.17 bits per heavy atom. The summed E-state index contributed by atoms with van der Waals surface area (Å²) in [4.78, 5) is 0. The minimum atomic E-state index is -3.20. The van der Waals surface area contributed by atoms with Crippen LogP contribution >= 0.6 is 0 Å². The third-order valence-electron chi connectivity index (χ3n) is 3.05. The van der Waals surface area contributed by atoms with Crippen molar-refractivity contribution in [3.8, 4) is 5.75 Å². The first kappa shape index (κ1) is 13.3. The largest absolute Gasteiger partial charge is 0.486 e. The second-order valence-electron chi connectivity index (χ2n) is 4.57. The number of ether oxygens (including phenoxy) is 1. The summed E-state index contributed by atoms with van der Waals surface area (Å²) in [6.45, 7) is 2.18. The molecule has 18 heavy (non-hydrogen) atoms. The molecule has 2 unspecified atom stereocenters. The highest BCUT2D eigenvalue weighted by molar-refractivity contribution is 7.91. The molecule has 2 atom stereocenters. The lowest BCUT2D eigenvalue weighted by molar-refractivity contribution is 0.0727. The minimum Gasteiger partial charge on any atom is -0.486 e. The lowest BCUT2D eigenvalue weighted by Crippen LogP contribution is -2.30. The third-order valence-corrected chi connectivity index (χ3v) is 4.74. The highest BCUT2D eigenvalue weighted by Gasteiger charge is 2.38. The minimum absolute atomic E-state index is 0.146. The second kappa shape index (κ2) is 4.87. The van der Waals surface area contributed by atoms with E-state index in [-0.39, 0.29) is 11.5 Å². The molecule has 0 aliphatic carbocycles. The maximum atomic E-state index is 11.4. The van der Waals surface area contributed by atoms with Gasteiger partial charge in [-0.05, 0) is 12.5 Å². The number of para-hydroxylation sites is 1. The van der Waals surface area contributed by atoms with E-state index in [2.05, 4.69) is 0 Å². The van der Waals surface area contributed by atoms with Gasteiger partial charge in [-0.1, -0.05) is 18.2 Å². The van der Waals surface area contributed by atoms with E-state index < -0.39 is 22.0 Å². The van der Waals surface area contributed by atoms with Crippen LogP contribution in [0.25, 0.3) is 0 Å². The molecule has 0 amide bonds. The quantitative estimate of drug-likeness (QED) is 0.807. The maximum Gasteiger partial charge on any atom is 0.156 e. The van der Waals surface area contributed by atoms with Crippen LogP contribution in [0.1, 0.15) is 11.1 Å². The lowest BCUT2D eigenvalue weighted by Gasteiger charge is -2.19. The molecule has 0 bridgehead atoms. The van der Waals surface area contributed by atoms with Crippen molar-refractivity contribution in [2.75, 3.05) is 11.5 Å². The number of aliphatic hydroxyl groups excluding tert-OH is 1. The molecule has 100 valence electrons. The van der Waals surface area contributed by atoms with Gasteiger partial charge in [-0.25, -0.2) is 8.42 Å². The number of hydrogen-bond donors (Lipinski definition) is 2. The van der Waals surface area contributed by atoms with Gasteiger partial charge in [0.1, 0.15) is 18.0 Å². The standard InChI is InChI=1S/C12H17NO4S/c1-8-3-2-4-9(5-13)12(8)17-11-7-18(15,16)6-10(11)14/h2-4,10-11,14H,5-7,13H2,1H3. The second-order valence-corrected chi connectivity index (χ2v) is 6.72. The number of sulfone groups is 1. The summed E-state index contributed by atoms with van der Waals surface area (Å²) >= 11 is 0. The predicted octanol–water partition coefficient (Wildman–Crippen LogP) is -0.00958. The molecule has 1 aromatic rings. The highest BCUT2D eigenvalue weighted by Crippen LogP contribution is 2.27. The summed E-state index contributed by atoms with van der Waals surface area (Å²) in [7, 11) is -3.20. The molecule has 1 aliphatic heterocycles. The molecule has 1 saturated heterocycles. The molecule has 3 N–H and O–H groups in total. The van der Waals surface area contributed by atoms with Crippen LogP contribution in [0.5, 0.6) is 5.75 Å². The maximum absolute atomic E-state index is 11.4. The van der Waals surface area contributed by atoms with E-state index in [0.29, 0.717) is 12.3 Å². The molecular formula is C12H17NO4S. The third kappa shape index (κ3) is 2.66. The molecule has 1 aromatic carbocycles. The van der Waals surface area contributed by atoms with Gasteiger partial charge in [-0.3, -0.25) is 0 Å². The van der Waals surface area contributed by atoms with Crippen molar-refractivity contribution in [1.82, 2.24) is 0 Å². The van der Waals surface area contributed by atoms with Crippen LogP contribution in [0.4, 0.5) is 0 Å². The number of hydrogen-bond acceptors (Lipinski definition) is 5. The average Bonchev–Trinajstić information content (AvgIpc) is 2.54. The molecule has 1 fully saturated rings. The van der Waals surface area contributed by atoms with Gasteiger partial charge in [0.15, 0.2) is 9.84 Å². The Hall–Kier alpha value is -1.11. The number of rotatable bonds is 3. The Labute approximate surface area is 106 Å². The zero-order valence-corrected chi connectivity index (χ0v) is 11.0. The summed E-state index contributed by atoms with van der Waals surface area (Å²) in [5.41, 5.74) is 7.32. The molecule has 2 rings (SSSR count). The van der Waals surface area contributed by atoms with Gasteiger partial charge >= 0.3 is 0 Å². The Bertz CT molecular complexity index is 541. The molecular weight excluding hydrogens is 254 g/mol. The summed E-state index contributed by atoms with van der Waals surface area (Å²) in [6, 6.07) is 5.56. The smallest absolute Gasteiger partial charge is 0.156 e. The van der Waals surface area contributed by atoms with Gasteiger partial charge < -0.3 is 15.6 Å². The van der Waals surface area contributed by atoms with Gasteiger partial charge in [-0.2, -0.15) is 0 Å². The summed E-state index contributed by atoms with van der Waals surface area (Å²) in [6.07, 6.45) is -1.68. The van der Waals surface area contributed by atoms with Gasteiger partial charge in [0.05, 0.1) is 11.5 Å². The van der Waals surface area contributed by atoms with E-state index in [4.69, 9.17) is 10.5 Å². The topological polar surface area (TPSA) is 89.6 Å². The fourth-order valence-corrected chi connectivity index (χ4v) is 3.77. The zero-order valence-electron chi connectivity index (χ0n) is 10.2. The van der Waals surface area contributed by atoms with Crippen molar-refractivity contribution < 1.29 is 18.3 Å². The van der Waals surface area contributed by atoms with Crippen LogP contribution in [-0.2, 0) is 16.4 Å². The molecule has 1 aliphatic rings. The van der Waals surface area contributed by atoms with Crippen molar-refractivity contribution in [3.05, 3.63) is 29.3 Å². The Balaban J connectivity index is 2.25. The van der Waals surface area contributed by atoms with E-state index in [9.17, 15) is 13.5 Å². The van der Waals surface area contributed by atoms with Crippen LogP contribution in [0.2, 0.25) is 0 Å². The predicted molar refractivity (Wildman–Crippen MR) is 68.1 cm³/mol. The molecule has 0 radical (unpaired) electrons. The fraction of sp³-hybridized carbons (Fsp3) is 0.500. The summed E-state index contributed by atoms with van der Waals surface area (Å²) < 4.78 is 28.5. The van der Waals surface area contributed by atoms with Crippen LogP contribution in [-0.4, -0.2) is 37.2 Å². The summed E-state index contributed by atoms with van der Waals surface area (Å²) in [5, 5.41) is 9.70. The van der Waals surface area contributed by atoms with Crippen molar-refractivity contribution in [3.63, 3.8) is 0 Å². The van der Waals surface area contributed by atoms with Gasteiger partial charge in [0, 0.05) is 12.1 Å². The average molecular weight is 271 g/mol. The van der Waals surface area contributed by atoms with Crippen molar-refractivity contribution in [2.45, 2.75) is 25.7 Å². The number of aliphatic hydroxyl groups is 1. The normalized spacial score (nSPS) is 26.2. The first-order valence-electron chi connectivity index (χ1n) is 5.76. The van der Waals surface area contributed by atoms with Crippen LogP contribution < -0.4 is 10.5 Å². The summed E-state index contributed by atoms with van der Waals surface area (Å²) in [5.74, 6) is 0.203. The first-order valence-corrected chi connectivity index (χ1v) is 7.59. The molecule has 0 saturated carbocycles. The Morgan fingerprint density at radius 3 is 2.72 bits per heavy atom. The first-order chi connectivity index (χ1) is 8.43. The molecule has 5 nitrogen and oxygen atoms in total. The van der Waals surface area contributed by atoms with Crippen LogP contribution in [0.3, 0.4) is 0 Å². The van der Waals surface area contributed by atoms with E-state index in [1.165, 1.54) is 0 Å². The lowest BCUT2D eigenvalue weighted by atomic mass is 10.1. The SMILES string of the molecule is Cc1cccc(CN)c1OC1CS(=O)(=O)CC1O. The number of benzene rings is 1. The van der Waals surface area contributed by atoms with E-state index >= 15 is 0 Å². The van der Waals surface area contributed by atoms with E-state index in [0.717, 1.165) is 11.1 Å². The van der Waals surface area contributed by atoms with Gasteiger partial charge in [0.25, 0.3) is 0 Å². The molecule has 0 spiro atoms. The zero-order chi connectivity index (χ0) is 13.3. The van der Waals surface area contributed by atoms with Crippen LogP contribution in [0.15, 0.2) is 18.2 Å². The van der Waals surface area contributed by atoms with E-state index in [1.807, 2.05) is 25.1 Å². The Kier molecular flexibility index (Phi) is 3.61. The highest BCUT2D eigenvalue weighted by atomic mass is 32.2.